The fourth-order valence-electron chi connectivity index (χ4n) is 13.9. The van der Waals surface area contributed by atoms with Crippen LogP contribution in [0.4, 0.5) is 0 Å². The van der Waals surface area contributed by atoms with E-state index >= 15 is 0 Å². The van der Waals surface area contributed by atoms with Crippen LogP contribution in [0.2, 0.25) is 0 Å². The Balaban J connectivity index is 0.000000837. The van der Waals surface area contributed by atoms with Gasteiger partial charge in [0.15, 0.2) is 30.9 Å². The monoisotopic (exact) mass is 1650 g/mol. The van der Waals surface area contributed by atoms with Gasteiger partial charge in [0, 0.05) is 74.0 Å². The van der Waals surface area contributed by atoms with Crippen molar-refractivity contribution in [2.75, 3.05) is 13.2 Å². The molecule has 3 aliphatic carbocycles. The predicted molar refractivity (Wildman–Crippen MR) is 410 cm³/mol. The normalized spacial score (nSPS) is 30.9. The second kappa shape index (κ2) is 59.1. The third kappa shape index (κ3) is 37.1. The van der Waals surface area contributed by atoms with Crippen LogP contribution in [-0.4, -0.2) is 265 Å². The summed E-state index contributed by atoms with van der Waals surface area (Å²) in [6.07, 6.45) is -0.686. The molecule has 0 spiro atoms. The third-order valence-corrected chi connectivity index (χ3v) is 20.0. The molecule has 0 amide bonds. The summed E-state index contributed by atoms with van der Waals surface area (Å²) in [5.41, 5.74) is 0. The Bertz CT molecular complexity index is 2960. The van der Waals surface area contributed by atoms with E-state index in [1.807, 2.05) is 91.8 Å². The molecule has 0 aromatic heterocycles. The Morgan fingerprint density at radius 1 is 0.365 bits per heavy atom. The van der Waals surface area contributed by atoms with E-state index in [2.05, 4.69) is 6.92 Å². The van der Waals surface area contributed by atoms with E-state index in [9.17, 15) is 109 Å². The summed E-state index contributed by atoms with van der Waals surface area (Å²) >= 11 is 0. The lowest BCUT2D eigenvalue weighted by molar-refractivity contribution is -0.305. The van der Waals surface area contributed by atoms with E-state index in [-0.39, 0.29) is 105 Å². The Kier molecular flexibility index (Phi) is 54.7. The maximum Gasteiger partial charge on any atom is 0.335 e. The van der Waals surface area contributed by atoms with Crippen LogP contribution in [0.15, 0.2) is 36.5 Å². The van der Waals surface area contributed by atoms with Crippen molar-refractivity contribution >= 4 is 65.1 Å². The average Bonchev–Trinajstić information content (AvgIpc) is 1.75. The highest BCUT2D eigenvalue weighted by atomic mass is 16.7. The van der Waals surface area contributed by atoms with Gasteiger partial charge < -0.3 is 114 Å². The first-order chi connectivity index (χ1) is 54.8. The number of aliphatic carboxylic acids is 5. The van der Waals surface area contributed by atoms with Crippen molar-refractivity contribution in [2.24, 2.45) is 35.5 Å². The minimum atomic E-state index is -1.94. The lowest BCUT2D eigenvalue weighted by atomic mass is 9.88. The van der Waals surface area contributed by atoms with Gasteiger partial charge in [-0.05, 0) is 57.8 Å². The number of ketones is 3. The number of esters is 3. The third-order valence-electron chi connectivity index (χ3n) is 20.0. The van der Waals surface area contributed by atoms with Crippen LogP contribution in [0.25, 0.3) is 0 Å². The highest BCUT2D eigenvalue weighted by Gasteiger charge is 2.53. The molecule has 0 radical (unpaired) electrons. The summed E-state index contributed by atoms with van der Waals surface area (Å²) < 4.78 is 41.6. The SMILES string of the molecule is CC.CC.CC.CCCC=CC1C(O)CC(=O)C1CCCCCCC(=O)OCCOC1O[C@H](C(=O)O)[C@@H](O)[C@H](O)[C@H]1O.CCCC=CC1C(OC(=O)CCC(=O)OC2O[C@H](C(=O)O)[C@@H](O)[C@H](O)[C@H]2O)CC(=O)C1CCCCCCC(=O)O.CCCC=CC1C(OC2O[C@H](C(=O)O)[C@@H](O)[C@H](O)[C@H]2O)CC(=O)C1CCCCCCC(=O)O. The Labute approximate surface area is 673 Å². The van der Waals surface area contributed by atoms with Gasteiger partial charge in [-0.1, -0.05) is 176 Å². The molecule has 0 bridgehead atoms. The van der Waals surface area contributed by atoms with Crippen molar-refractivity contribution < 1.29 is 167 Å². The van der Waals surface area contributed by atoms with Crippen LogP contribution >= 0.6 is 0 Å². The predicted octanol–water partition coefficient (Wildman–Crippen LogP) is 6.13. The van der Waals surface area contributed by atoms with Gasteiger partial charge in [-0.2, -0.15) is 0 Å². The molecule has 115 heavy (non-hydrogen) atoms. The summed E-state index contributed by atoms with van der Waals surface area (Å²) in [5, 5.41) is 144. The molecule has 34 heteroatoms. The maximum atomic E-state index is 12.8. The van der Waals surface area contributed by atoms with E-state index < -0.39 is 171 Å². The van der Waals surface area contributed by atoms with Gasteiger partial charge in [0.25, 0.3) is 0 Å². The van der Waals surface area contributed by atoms with Gasteiger partial charge in [-0.3, -0.25) is 38.4 Å². The molecule has 6 fully saturated rings. The van der Waals surface area contributed by atoms with Crippen molar-refractivity contribution in [3.05, 3.63) is 36.5 Å². The molecular weight excluding hydrogens is 1520 g/mol. The molecule has 3 heterocycles. The van der Waals surface area contributed by atoms with E-state index in [0.717, 1.165) is 103 Å². The average molecular weight is 1650 g/mol. The van der Waals surface area contributed by atoms with Crippen LogP contribution < -0.4 is 0 Å². The summed E-state index contributed by atoms with van der Waals surface area (Å²) in [5.74, 6) is -9.92. The number of allylic oxidation sites excluding steroid dienone is 3. The quantitative estimate of drug-likeness (QED) is 0.0141. The summed E-state index contributed by atoms with van der Waals surface area (Å²) in [7, 11) is 0. The number of unbranched alkanes of at least 4 members (excludes halogenated alkanes) is 12. The lowest BCUT2D eigenvalue weighted by Crippen LogP contribution is -2.61. The number of aliphatic hydroxyl groups excluding tert-OH is 10. The molecule has 6 aliphatic rings. The van der Waals surface area contributed by atoms with Gasteiger partial charge in [0.05, 0.1) is 31.7 Å². The minimum absolute atomic E-state index is 0.00245. The maximum absolute atomic E-state index is 12.8. The highest BCUT2D eigenvalue weighted by Crippen LogP contribution is 2.40. The Morgan fingerprint density at radius 2 is 0.704 bits per heavy atom. The largest absolute Gasteiger partial charge is 0.481 e. The molecule has 24 atom stereocenters. The number of hydrogen-bond acceptors (Lipinski definition) is 29. The van der Waals surface area contributed by atoms with Crippen molar-refractivity contribution in [3.8, 4) is 0 Å². The van der Waals surface area contributed by atoms with E-state index in [4.69, 9.17) is 58.3 Å². The standard InChI is InChI=1S/C27H40O13.C25H40O11.C23H36O10.3C2H6/c1-2-3-6-10-16-15(9-7-4-5-8-11-19(29)30)17(28)14-18(16)38-20(31)12-13-21(32)39-27-24(35)22(33)23(34)25(40-27)26(36)37;1-2-3-6-9-15-16(18(27)14-17(15)26)10-7-4-5-8-11-19(28)34-12-13-35-25-22(31)20(29)21(30)23(36-25)24(32)33;1-2-3-6-10-14-13(9-7-4-5-8-11-17(25)26)15(24)12-16(14)32-23-20(29)18(27)19(28)21(33-23)22(30)31;3*1-2/h6,10,15-16,18,22-25,27,33-35H,2-5,7-9,11-14H2,1H3,(H,29,30)(H,36,37);6,9,15-17,20-23,25-26,29-31H,2-5,7-8,10-14H2,1H3,(H,32,33);6,10,13-14,16,18-21,23,27-29H,2-5,7-9,11-12H2,1H3,(H,25,26)(H,30,31);3*1-2H3/t15?,16?,18?,22-,23-,24+,25-,27?;15?,16?,17?,20-,21-,22+,23-,25?;13?,14?,16?,18-,19-,20+,21-,23?;;;/m000.../s1. The fourth-order valence-corrected chi connectivity index (χ4v) is 13.9. The smallest absolute Gasteiger partial charge is 0.335 e. The van der Waals surface area contributed by atoms with Gasteiger partial charge >= 0.3 is 47.8 Å². The number of carbonyl (C=O) groups excluding carboxylic acids is 6. The van der Waals surface area contributed by atoms with E-state index in [1.54, 1.807) is 0 Å². The van der Waals surface area contributed by atoms with Crippen LogP contribution in [0.1, 0.15) is 249 Å². The van der Waals surface area contributed by atoms with Crippen molar-refractivity contribution in [1.29, 1.82) is 0 Å². The minimum Gasteiger partial charge on any atom is -0.481 e. The highest BCUT2D eigenvalue weighted by molar-refractivity contribution is 5.86. The number of carbonyl (C=O) groups is 11. The van der Waals surface area contributed by atoms with Crippen LogP contribution in [-0.2, 0) is 90.6 Å². The van der Waals surface area contributed by atoms with Crippen LogP contribution in [0.3, 0.4) is 0 Å². The molecule has 15 N–H and O–H groups in total. The Morgan fingerprint density at radius 3 is 1.12 bits per heavy atom. The van der Waals surface area contributed by atoms with Crippen molar-refractivity contribution in [2.45, 2.75) is 359 Å². The zero-order valence-corrected chi connectivity index (χ0v) is 68.2. The zero-order chi connectivity index (χ0) is 87.0. The number of carboxylic acid groups (broad SMARTS) is 5. The molecule has 3 saturated carbocycles. The molecular formula is C81H134O34. The second-order valence-electron chi connectivity index (χ2n) is 28.4. The number of hydrogen-bond donors (Lipinski definition) is 15. The number of Topliss-reactive ketones (excluding diaryl/α,β-unsaturated/α-hetero) is 3. The molecule has 34 nitrogen and oxygen atoms in total. The molecule has 3 saturated heterocycles. The van der Waals surface area contributed by atoms with Crippen molar-refractivity contribution in [1.82, 2.24) is 0 Å². The molecule has 12 unspecified atom stereocenters. The van der Waals surface area contributed by atoms with Gasteiger partial charge in [-0.25, -0.2) is 14.4 Å². The van der Waals surface area contributed by atoms with Crippen molar-refractivity contribution in [3.63, 3.8) is 0 Å². The fraction of sp³-hybridized carbons (Fsp3) is 0.790. The Hall–Kier alpha value is -6.61. The number of rotatable bonds is 44. The van der Waals surface area contributed by atoms with Gasteiger partial charge in [-0.15, -0.1) is 0 Å². The molecule has 0 aromatic carbocycles. The van der Waals surface area contributed by atoms with E-state index in [0.29, 0.717) is 32.1 Å². The van der Waals surface area contributed by atoms with Gasteiger partial charge in [0.1, 0.15) is 85.0 Å². The first-order valence-corrected chi connectivity index (χ1v) is 41.1. The first-order valence-electron chi connectivity index (χ1n) is 41.1. The van der Waals surface area contributed by atoms with Crippen LogP contribution in [0, 0.1) is 35.5 Å². The second-order valence-corrected chi connectivity index (χ2v) is 28.4. The topological polar surface area (TPSA) is 565 Å². The molecule has 0 aromatic rings. The van der Waals surface area contributed by atoms with Crippen LogP contribution in [0.5, 0.6) is 0 Å². The number of carboxylic acids is 5. The van der Waals surface area contributed by atoms with Gasteiger partial charge in [0.2, 0.25) is 6.29 Å². The first kappa shape index (κ1) is 106. The van der Waals surface area contributed by atoms with E-state index in [1.165, 1.54) is 0 Å². The molecule has 3 aliphatic heterocycles. The summed E-state index contributed by atoms with van der Waals surface area (Å²) in [6.45, 7) is 17.8. The molecule has 6 rings (SSSR count). The summed E-state index contributed by atoms with van der Waals surface area (Å²) in [6, 6.07) is 0. The number of aliphatic hydroxyl groups is 10. The zero-order valence-electron chi connectivity index (χ0n) is 68.2. The lowest BCUT2D eigenvalue weighted by Gasteiger charge is -2.40. The number of ether oxygens (including phenoxy) is 8. The molecule has 662 valence electrons. The summed E-state index contributed by atoms with van der Waals surface area (Å²) in [4.78, 5) is 129.